The van der Waals surface area contributed by atoms with Gasteiger partial charge in [0.1, 0.15) is 12.4 Å². The lowest BCUT2D eigenvalue weighted by atomic mass is 10.2. The van der Waals surface area contributed by atoms with E-state index in [-0.39, 0.29) is 28.6 Å². The van der Waals surface area contributed by atoms with E-state index >= 15 is 0 Å². The van der Waals surface area contributed by atoms with E-state index < -0.39 is 16.0 Å². The van der Waals surface area contributed by atoms with Gasteiger partial charge in [-0.15, -0.1) is 6.58 Å². The Kier molecular flexibility index (Phi) is 6.82. The number of nitrogens with zero attached hydrogens (tertiary/aromatic N) is 2. The van der Waals surface area contributed by atoms with Crippen molar-refractivity contribution in [1.82, 2.24) is 5.16 Å². The summed E-state index contributed by atoms with van der Waals surface area (Å²) in [5.41, 5.74) is 1.67. The fourth-order valence-electron chi connectivity index (χ4n) is 2.93. The lowest BCUT2D eigenvalue weighted by molar-refractivity contribution is 0.0470. The Morgan fingerprint density at radius 3 is 2.55 bits per heavy atom. The molecule has 162 valence electrons. The Bertz CT molecular complexity index is 1190. The molecule has 0 spiro atoms. The standard InChI is InChI=1S/C22H21ClN2O5S/c1-4-12-25(17-8-6-5-7-9-17)31(27,28)18-10-11-21(23)19(13-18)22(26)29-14-20-15(2)24-30-16(20)3/h4-11,13H,1,12,14H2,2-3H3. The van der Waals surface area contributed by atoms with Gasteiger partial charge < -0.3 is 9.26 Å². The lowest BCUT2D eigenvalue weighted by Gasteiger charge is -2.23. The summed E-state index contributed by atoms with van der Waals surface area (Å²) in [6.45, 7) is 7.07. The number of rotatable bonds is 8. The van der Waals surface area contributed by atoms with Gasteiger partial charge in [0.2, 0.25) is 0 Å². The molecule has 2 aromatic carbocycles. The highest BCUT2D eigenvalue weighted by Gasteiger charge is 2.26. The van der Waals surface area contributed by atoms with Crippen LogP contribution in [0.15, 0.2) is 70.6 Å². The van der Waals surface area contributed by atoms with Gasteiger partial charge in [0.05, 0.1) is 39.0 Å². The van der Waals surface area contributed by atoms with E-state index in [2.05, 4.69) is 11.7 Å². The molecule has 1 aromatic heterocycles. The SMILES string of the molecule is C=CCN(c1ccccc1)S(=O)(=O)c1ccc(Cl)c(C(=O)OCc2c(C)noc2C)c1. The van der Waals surface area contributed by atoms with Crippen molar-refractivity contribution in [2.75, 3.05) is 10.8 Å². The number of ether oxygens (including phenoxy) is 1. The van der Waals surface area contributed by atoms with Gasteiger partial charge in [-0.2, -0.15) is 0 Å². The average molecular weight is 461 g/mol. The van der Waals surface area contributed by atoms with E-state index in [1.165, 1.54) is 28.6 Å². The highest BCUT2D eigenvalue weighted by molar-refractivity contribution is 7.92. The third-order valence-electron chi connectivity index (χ3n) is 4.61. The Morgan fingerprint density at radius 1 is 1.23 bits per heavy atom. The van der Waals surface area contributed by atoms with Gasteiger partial charge in [-0.05, 0) is 44.2 Å². The summed E-state index contributed by atoms with van der Waals surface area (Å²) in [7, 11) is -3.99. The maximum atomic E-state index is 13.3. The number of halogens is 1. The molecule has 0 aliphatic rings. The van der Waals surface area contributed by atoms with Crippen molar-refractivity contribution in [3.05, 3.63) is 88.8 Å². The summed E-state index contributed by atoms with van der Waals surface area (Å²) in [4.78, 5) is 12.6. The molecule has 1 heterocycles. The first kappa shape index (κ1) is 22.6. The number of para-hydroxylation sites is 1. The molecule has 0 saturated heterocycles. The number of benzene rings is 2. The minimum Gasteiger partial charge on any atom is -0.457 e. The van der Waals surface area contributed by atoms with Gasteiger partial charge in [-0.25, -0.2) is 13.2 Å². The van der Waals surface area contributed by atoms with Crippen molar-refractivity contribution in [3.63, 3.8) is 0 Å². The first-order valence-electron chi connectivity index (χ1n) is 9.32. The molecule has 0 bridgehead atoms. The van der Waals surface area contributed by atoms with Crippen LogP contribution in [0.4, 0.5) is 5.69 Å². The Balaban J connectivity index is 1.91. The molecule has 0 aliphatic heterocycles. The fraction of sp³-hybridized carbons (Fsp3) is 0.182. The molecule has 3 rings (SSSR count). The molecule has 9 heteroatoms. The van der Waals surface area contributed by atoms with E-state index in [0.717, 1.165) is 0 Å². The molecule has 0 unspecified atom stereocenters. The number of anilines is 1. The molecule has 7 nitrogen and oxygen atoms in total. The van der Waals surface area contributed by atoms with Gasteiger partial charge in [0.25, 0.3) is 10.0 Å². The summed E-state index contributed by atoms with van der Waals surface area (Å²) < 4.78 is 38.2. The number of carbonyl (C=O) groups is 1. The number of hydrogen-bond acceptors (Lipinski definition) is 6. The molecule has 0 radical (unpaired) electrons. The number of aromatic nitrogens is 1. The zero-order valence-corrected chi connectivity index (χ0v) is 18.6. The normalized spacial score (nSPS) is 11.2. The third kappa shape index (κ3) is 4.81. The van der Waals surface area contributed by atoms with Crippen molar-refractivity contribution in [2.24, 2.45) is 0 Å². The van der Waals surface area contributed by atoms with Crippen molar-refractivity contribution < 1.29 is 22.5 Å². The molecule has 0 aliphatic carbocycles. The maximum absolute atomic E-state index is 13.3. The van der Waals surface area contributed by atoms with Crippen LogP contribution in [0.25, 0.3) is 0 Å². The van der Waals surface area contributed by atoms with Crippen LogP contribution in [0, 0.1) is 13.8 Å². The minimum absolute atomic E-state index is 0.0545. The third-order valence-corrected chi connectivity index (χ3v) is 6.73. The number of carbonyl (C=O) groups excluding carboxylic acids is 1. The first-order valence-corrected chi connectivity index (χ1v) is 11.1. The van der Waals surface area contributed by atoms with E-state index in [1.807, 2.05) is 0 Å². The fourth-order valence-corrected chi connectivity index (χ4v) is 4.58. The first-order chi connectivity index (χ1) is 14.8. The predicted molar refractivity (Wildman–Crippen MR) is 118 cm³/mol. The van der Waals surface area contributed by atoms with Crippen LogP contribution in [-0.2, 0) is 21.4 Å². The molecule has 0 saturated carbocycles. The monoisotopic (exact) mass is 460 g/mol. The van der Waals surface area contributed by atoms with E-state index in [9.17, 15) is 13.2 Å². The second-order valence-electron chi connectivity index (χ2n) is 6.68. The van der Waals surface area contributed by atoms with Gasteiger partial charge in [-0.3, -0.25) is 4.31 Å². The van der Waals surface area contributed by atoms with E-state index in [1.54, 1.807) is 44.2 Å². The average Bonchev–Trinajstić information content (AvgIpc) is 3.08. The second kappa shape index (κ2) is 9.36. The number of aryl methyl sites for hydroxylation is 2. The molecule has 0 amide bonds. The van der Waals surface area contributed by atoms with Gasteiger partial charge in [0.15, 0.2) is 0 Å². The van der Waals surface area contributed by atoms with Crippen molar-refractivity contribution in [3.8, 4) is 0 Å². The zero-order valence-electron chi connectivity index (χ0n) is 17.0. The lowest BCUT2D eigenvalue weighted by Crippen LogP contribution is -2.31. The van der Waals surface area contributed by atoms with Crippen molar-refractivity contribution >= 4 is 33.3 Å². The quantitative estimate of drug-likeness (QED) is 0.358. The smallest absolute Gasteiger partial charge is 0.340 e. The molecular weight excluding hydrogens is 440 g/mol. The Hall–Kier alpha value is -3.10. The molecule has 0 atom stereocenters. The van der Waals surface area contributed by atoms with E-state index in [4.69, 9.17) is 20.9 Å². The molecule has 0 N–H and O–H groups in total. The topological polar surface area (TPSA) is 89.7 Å². The van der Waals surface area contributed by atoms with Crippen LogP contribution in [0.3, 0.4) is 0 Å². The summed E-state index contributed by atoms with van der Waals surface area (Å²) in [5.74, 6) is -0.215. The predicted octanol–water partition coefficient (Wildman–Crippen LogP) is 4.68. The second-order valence-corrected chi connectivity index (χ2v) is 8.95. The van der Waals surface area contributed by atoms with Crippen molar-refractivity contribution in [2.45, 2.75) is 25.3 Å². The Morgan fingerprint density at radius 2 is 1.94 bits per heavy atom. The minimum atomic E-state index is -3.99. The largest absolute Gasteiger partial charge is 0.457 e. The van der Waals surface area contributed by atoms with Gasteiger partial charge >= 0.3 is 5.97 Å². The van der Waals surface area contributed by atoms with Crippen molar-refractivity contribution in [1.29, 1.82) is 0 Å². The molecular formula is C22H21ClN2O5S. The number of hydrogen-bond donors (Lipinski definition) is 0. The van der Waals surface area contributed by atoms with Crippen LogP contribution in [0.2, 0.25) is 5.02 Å². The van der Waals surface area contributed by atoms with Gasteiger partial charge in [-0.1, -0.05) is 41.0 Å². The van der Waals surface area contributed by atoms with Crippen LogP contribution in [0.5, 0.6) is 0 Å². The summed E-state index contributed by atoms with van der Waals surface area (Å²) in [5, 5.41) is 3.89. The molecule has 31 heavy (non-hydrogen) atoms. The van der Waals surface area contributed by atoms with E-state index in [0.29, 0.717) is 22.7 Å². The Labute approximate surface area is 185 Å². The number of esters is 1. The maximum Gasteiger partial charge on any atom is 0.340 e. The number of sulfonamides is 1. The van der Waals surface area contributed by atoms with Gasteiger partial charge in [0, 0.05) is 0 Å². The summed E-state index contributed by atoms with van der Waals surface area (Å²) in [6, 6.07) is 12.5. The summed E-state index contributed by atoms with van der Waals surface area (Å²) >= 11 is 6.17. The zero-order chi connectivity index (χ0) is 22.6. The highest BCUT2D eigenvalue weighted by atomic mass is 35.5. The molecule has 0 fully saturated rings. The van der Waals surface area contributed by atoms with Crippen LogP contribution in [-0.4, -0.2) is 26.1 Å². The summed E-state index contributed by atoms with van der Waals surface area (Å²) in [6.07, 6.45) is 1.49. The van der Waals surface area contributed by atoms with Crippen LogP contribution < -0.4 is 4.31 Å². The van der Waals surface area contributed by atoms with Crippen LogP contribution >= 0.6 is 11.6 Å². The van der Waals surface area contributed by atoms with Crippen LogP contribution in [0.1, 0.15) is 27.4 Å². The molecule has 3 aromatic rings. The highest BCUT2D eigenvalue weighted by Crippen LogP contribution is 2.27.